The molecule has 0 fully saturated rings. The average molecular weight is 284 g/mol. The number of nitrogen functional groups attached to an aromatic ring is 1. The Morgan fingerprint density at radius 3 is 2.89 bits per heavy atom. The van der Waals surface area contributed by atoms with Gasteiger partial charge in [-0.1, -0.05) is 0 Å². The van der Waals surface area contributed by atoms with Crippen molar-refractivity contribution in [1.29, 1.82) is 0 Å². The van der Waals surface area contributed by atoms with Gasteiger partial charge in [-0.15, -0.1) is 0 Å². The smallest absolute Gasteiger partial charge is 0.295 e. The van der Waals surface area contributed by atoms with Gasteiger partial charge in [0.1, 0.15) is 5.52 Å². The van der Waals surface area contributed by atoms with Gasteiger partial charge in [0, 0.05) is 24.8 Å². The molecule has 2 aromatic rings. The molecule has 0 aliphatic carbocycles. The van der Waals surface area contributed by atoms with Gasteiger partial charge in [-0.2, -0.15) is 4.98 Å². The minimum atomic E-state index is -3.13. The summed E-state index contributed by atoms with van der Waals surface area (Å²) in [4.78, 5) is 4.23. The standard InChI is InChI=1S/C11H16N4O3S/c1-19(16,17)14-6-2-5-13-11-15-9-4-3-8(12)7-10(9)18-11/h3-4,7,14H,2,5-6,12H2,1H3,(H,13,15). The zero-order valence-corrected chi connectivity index (χ0v) is 11.3. The first-order valence-corrected chi connectivity index (χ1v) is 7.68. The monoisotopic (exact) mass is 284 g/mol. The summed E-state index contributed by atoms with van der Waals surface area (Å²) in [5, 5.41) is 2.99. The van der Waals surface area contributed by atoms with Crippen LogP contribution in [0.4, 0.5) is 11.7 Å². The molecule has 0 saturated heterocycles. The van der Waals surface area contributed by atoms with Crippen LogP contribution in [0.2, 0.25) is 0 Å². The molecule has 1 heterocycles. The van der Waals surface area contributed by atoms with Crippen molar-refractivity contribution in [2.24, 2.45) is 0 Å². The van der Waals surface area contributed by atoms with Crippen molar-refractivity contribution in [3.63, 3.8) is 0 Å². The van der Waals surface area contributed by atoms with E-state index in [-0.39, 0.29) is 0 Å². The number of benzene rings is 1. The number of oxazole rings is 1. The molecule has 0 amide bonds. The molecule has 4 N–H and O–H groups in total. The third-order valence-electron chi connectivity index (χ3n) is 2.41. The molecule has 0 unspecified atom stereocenters. The van der Waals surface area contributed by atoms with Gasteiger partial charge in [-0.25, -0.2) is 13.1 Å². The Labute approximate surface area is 111 Å². The molecule has 104 valence electrons. The zero-order valence-electron chi connectivity index (χ0n) is 10.5. The molecule has 8 heteroatoms. The van der Waals surface area contributed by atoms with Crippen LogP contribution in [0, 0.1) is 0 Å². The predicted octanol–water partition coefficient (Wildman–Crippen LogP) is 0.761. The van der Waals surface area contributed by atoms with Crippen LogP contribution in [0.3, 0.4) is 0 Å². The van der Waals surface area contributed by atoms with E-state index in [0.717, 1.165) is 11.8 Å². The number of aromatic nitrogens is 1. The molecule has 0 bridgehead atoms. The Bertz CT molecular complexity index is 666. The molecule has 1 aromatic carbocycles. The lowest BCUT2D eigenvalue weighted by atomic mass is 10.3. The largest absolute Gasteiger partial charge is 0.423 e. The fourth-order valence-electron chi connectivity index (χ4n) is 1.56. The summed E-state index contributed by atoms with van der Waals surface area (Å²) in [5.41, 5.74) is 7.61. The van der Waals surface area contributed by atoms with Crippen molar-refractivity contribution >= 4 is 32.8 Å². The van der Waals surface area contributed by atoms with Gasteiger partial charge in [0.15, 0.2) is 5.58 Å². The lowest BCUT2D eigenvalue weighted by Gasteiger charge is -2.02. The predicted molar refractivity (Wildman–Crippen MR) is 74.4 cm³/mol. The lowest BCUT2D eigenvalue weighted by molar-refractivity contribution is 0.585. The second-order valence-corrected chi connectivity index (χ2v) is 6.03. The number of nitrogens with two attached hydrogens (primary N) is 1. The highest BCUT2D eigenvalue weighted by Gasteiger charge is 2.05. The van der Waals surface area contributed by atoms with E-state index in [2.05, 4.69) is 15.0 Å². The number of rotatable bonds is 6. The van der Waals surface area contributed by atoms with Crippen LogP contribution in [0.25, 0.3) is 11.1 Å². The normalized spacial score (nSPS) is 11.8. The molecule has 2 rings (SSSR count). The topological polar surface area (TPSA) is 110 Å². The third kappa shape index (κ3) is 4.11. The summed E-state index contributed by atoms with van der Waals surface area (Å²) in [6.07, 6.45) is 1.76. The van der Waals surface area contributed by atoms with Crippen LogP contribution >= 0.6 is 0 Å². The van der Waals surface area contributed by atoms with E-state index in [1.54, 1.807) is 18.2 Å². The van der Waals surface area contributed by atoms with Gasteiger partial charge < -0.3 is 15.5 Å². The summed E-state index contributed by atoms with van der Waals surface area (Å²) < 4.78 is 29.5. The Morgan fingerprint density at radius 2 is 2.16 bits per heavy atom. The highest BCUT2D eigenvalue weighted by molar-refractivity contribution is 7.88. The summed E-state index contributed by atoms with van der Waals surface area (Å²) in [5.74, 6) is 0. The van der Waals surface area contributed by atoms with Crippen LogP contribution in [-0.4, -0.2) is 32.7 Å². The van der Waals surface area contributed by atoms with E-state index in [1.807, 2.05) is 0 Å². The van der Waals surface area contributed by atoms with E-state index in [1.165, 1.54) is 0 Å². The minimum Gasteiger partial charge on any atom is -0.423 e. The van der Waals surface area contributed by atoms with Gasteiger partial charge in [-0.05, 0) is 18.6 Å². The molecule has 0 aliphatic heterocycles. The molecule has 0 atom stereocenters. The number of nitrogens with zero attached hydrogens (tertiary/aromatic N) is 1. The van der Waals surface area contributed by atoms with E-state index >= 15 is 0 Å². The van der Waals surface area contributed by atoms with Crippen LogP contribution < -0.4 is 15.8 Å². The van der Waals surface area contributed by atoms with Crippen LogP contribution in [0.1, 0.15) is 6.42 Å². The maximum atomic E-state index is 10.8. The summed E-state index contributed by atoms with van der Waals surface area (Å²) in [6, 6.07) is 5.65. The SMILES string of the molecule is CS(=O)(=O)NCCCNc1nc2ccc(N)cc2o1. The molecule has 19 heavy (non-hydrogen) atoms. The van der Waals surface area contributed by atoms with E-state index in [9.17, 15) is 8.42 Å². The van der Waals surface area contributed by atoms with Gasteiger partial charge in [-0.3, -0.25) is 0 Å². The molecule has 0 radical (unpaired) electrons. The number of nitrogens with one attached hydrogen (secondary N) is 2. The Kier molecular flexibility index (Phi) is 3.91. The fraction of sp³-hybridized carbons (Fsp3) is 0.364. The Morgan fingerprint density at radius 1 is 1.37 bits per heavy atom. The van der Waals surface area contributed by atoms with Gasteiger partial charge >= 0.3 is 0 Å². The molecular formula is C11H16N4O3S. The highest BCUT2D eigenvalue weighted by atomic mass is 32.2. The highest BCUT2D eigenvalue weighted by Crippen LogP contribution is 2.20. The summed E-state index contributed by atoms with van der Waals surface area (Å²) in [7, 11) is -3.13. The van der Waals surface area contributed by atoms with Crippen LogP contribution in [-0.2, 0) is 10.0 Å². The van der Waals surface area contributed by atoms with E-state index < -0.39 is 10.0 Å². The summed E-state index contributed by atoms with van der Waals surface area (Å²) in [6.45, 7) is 0.934. The Balaban J connectivity index is 1.85. The van der Waals surface area contributed by atoms with Crippen molar-refractivity contribution in [3.8, 4) is 0 Å². The first-order chi connectivity index (χ1) is 8.94. The number of sulfonamides is 1. The second kappa shape index (κ2) is 5.45. The lowest BCUT2D eigenvalue weighted by Crippen LogP contribution is -2.24. The Hall–Kier alpha value is -1.80. The number of fused-ring (bicyclic) bond motifs is 1. The third-order valence-corrected chi connectivity index (χ3v) is 3.14. The number of hydrogen-bond donors (Lipinski definition) is 3. The van der Waals surface area contributed by atoms with Crippen molar-refractivity contribution in [1.82, 2.24) is 9.71 Å². The van der Waals surface area contributed by atoms with E-state index in [0.29, 0.717) is 36.8 Å². The zero-order chi connectivity index (χ0) is 13.9. The summed E-state index contributed by atoms with van der Waals surface area (Å²) >= 11 is 0. The molecular weight excluding hydrogens is 268 g/mol. The number of anilines is 2. The van der Waals surface area contributed by atoms with Gasteiger partial charge in [0.25, 0.3) is 6.01 Å². The van der Waals surface area contributed by atoms with Crippen LogP contribution in [0.15, 0.2) is 22.6 Å². The van der Waals surface area contributed by atoms with Gasteiger partial charge in [0.05, 0.1) is 6.26 Å². The quantitative estimate of drug-likeness (QED) is 0.533. The first kappa shape index (κ1) is 13.6. The molecule has 0 spiro atoms. The molecule has 0 saturated carbocycles. The molecule has 1 aromatic heterocycles. The van der Waals surface area contributed by atoms with Crippen molar-refractivity contribution in [3.05, 3.63) is 18.2 Å². The second-order valence-electron chi connectivity index (χ2n) is 4.19. The minimum absolute atomic E-state index is 0.374. The molecule has 0 aliphatic rings. The van der Waals surface area contributed by atoms with E-state index in [4.69, 9.17) is 10.2 Å². The number of hydrogen-bond acceptors (Lipinski definition) is 6. The van der Waals surface area contributed by atoms with Crippen molar-refractivity contribution < 1.29 is 12.8 Å². The molecule has 7 nitrogen and oxygen atoms in total. The van der Waals surface area contributed by atoms with Crippen LogP contribution in [0.5, 0.6) is 0 Å². The average Bonchev–Trinajstić information content (AvgIpc) is 2.68. The van der Waals surface area contributed by atoms with Crippen molar-refractivity contribution in [2.45, 2.75) is 6.42 Å². The maximum absolute atomic E-state index is 10.8. The van der Waals surface area contributed by atoms with Crippen molar-refractivity contribution in [2.75, 3.05) is 30.4 Å². The van der Waals surface area contributed by atoms with Gasteiger partial charge in [0.2, 0.25) is 10.0 Å². The first-order valence-electron chi connectivity index (χ1n) is 5.78. The maximum Gasteiger partial charge on any atom is 0.295 e. The fourth-order valence-corrected chi connectivity index (χ4v) is 2.07.